The van der Waals surface area contributed by atoms with E-state index in [1.165, 1.54) is 19.1 Å². The molecule has 0 unspecified atom stereocenters. The topological polar surface area (TPSA) is 69.6 Å². The zero-order valence-corrected chi connectivity index (χ0v) is 11.5. The Kier molecular flexibility index (Phi) is 3.87. The van der Waals surface area contributed by atoms with Crippen molar-refractivity contribution in [2.45, 2.75) is 6.92 Å². The molecule has 1 aromatic rings. The highest BCUT2D eigenvalue weighted by Crippen LogP contribution is 2.31. The van der Waals surface area contributed by atoms with Gasteiger partial charge in [-0.3, -0.25) is 15.0 Å². The Morgan fingerprint density at radius 3 is 2.63 bits per heavy atom. The maximum atomic E-state index is 12.0. The maximum Gasteiger partial charge on any atom is 0.285 e. The molecule has 5 nitrogen and oxygen atoms in total. The largest absolute Gasteiger partial charge is 0.508 e. The third-order valence-electron chi connectivity index (χ3n) is 2.25. The molecule has 1 saturated heterocycles. The van der Waals surface area contributed by atoms with Crippen molar-refractivity contribution in [3.05, 3.63) is 34.7 Å². The van der Waals surface area contributed by atoms with Crippen molar-refractivity contribution in [2.75, 3.05) is 0 Å². The lowest BCUT2D eigenvalue weighted by atomic mass is 10.2. The van der Waals surface area contributed by atoms with Crippen LogP contribution in [-0.2, 0) is 9.59 Å². The zero-order valence-electron chi connectivity index (χ0n) is 9.91. The van der Waals surface area contributed by atoms with E-state index in [0.717, 1.165) is 22.3 Å². The summed E-state index contributed by atoms with van der Waals surface area (Å²) in [6.07, 6.45) is 1.65. The second kappa shape index (κ2) is 5.41. The number of amides is 2. The van der Waals surface area contributed by atoms with Crippen LogP contribution in [0, 0.1) is 0 Å². The Balaban J connectivity index is 2.23. The van der Waals surface area contributed by atoms with Crippen LogP contribution in [0.25, 0.3) is 6.08 Å². The average Bonchev–Trinajstić information content (AvgIpc) is 2.60. The van der Waals surface area contributed by atoms with Crippen LogP contribution in [-0.4, -0.2) is 26.3 Å². The highest BCUT2D eigenvalue weighted by atomic mass is 32.2. The molecule has 2 rings (SSSR count). The molecule has 0 saturated carbocycles. The third-order valence-corrected chi connectivity index (χ3v) is 3.56. The summed E-state index contributed by atoms with van der Waals surface area (Å²) in [6.45, 7) is 1.31. The number of hydrazine groups is 1. The number of thiocarbonyl (C=S) groups is 1. The number of phenolic OH excluding ortho intramolecular Hbond substituents is 1. The van der Waals surface area contributed by atoms with Crippen molar-refractivity contribution in [2.24, 2.45) is 0 Å². The van der Waals surface area contributed by atoms with Crippen LogP contribution >= 0.6 is 24.0 Å². The van der Waals surface area contributed by atoms with Gasteiger partial charge in [0.15, 0.2) is 4.32 Å². The van der Waals surface area contributed by atoms with Crippen molar-refractivity contribution < 1.29 is 14.7 Å². The molecule has 2 amide bonds. The summed E-state index contributed by atoms with van der Waals surface area (Å²) < 4.78 is 0.283. The van der Waals surface area contributed by atoms with Gasteiger partial charge in [0.05, 0.1) is 4.91 Å². The number of rotatable bonds is 2. The third kappa shape index (κ3) is 3.12. The van der Waals surface area contributed by atoms with Crippen molar-refractivity contribution in [1.82, 2.24) is 10.4 Å². The van der Waals surface area contributed by atoms with Crippen LogP contribution in [0.5, 0.6) is 5.75 Å². The van der Waals surface area contributed by atoms with Gasteiger partial charge in [-0.2, -0.15) is 5.01 Å². The SMILES string of the molecule is CC(=O)NN1C(=O)C(=Cc2ccc(O)cc2)SC1=S. The van der Waals surface area contributed by atoms with E-state index in [1.54, 1.807) is 18.2 Å². The smallest absolute Gasteiger partial charge is 0.285 e. The summed E-state index contributed by atoms with van der Waals surface area (Å²) in [5, 5.41) is 10.2. The maximum absolute atomic E-state index is 12.0. The number of nitrogens with zero attached hydrogens (tertiary/aromatic N) is 1. The van der Waals surface area contributed by atoms with Crippen LogP contribution < -0.4 is 5.43 Å². The number of benzene rings is 1. The lowest BCUT2D eigenvalue weighted by molar-refractivity contribution is -0.131. The summed E-state index contributed by atoms with van der Waals surface area (Å²) in [6, 6.07) is 6.42. The number of hydrogen-bond acceptors (Lipinski definition) is 5. The molecule has 0 atom stereocenters. The molecule has 1 heterocycles. The van der Waals surface area contributed by atoms with Crippen LogP contribution in [0.3, 0.4) is 0 Å². The fourth-order valence-electron chi connectivity index (χ4n) is 1.44. The molecule has 1 aromatic carbocycles. The van der Waals surface area contributed by atoms with Gasteiger partial charge in [0.1, 0.15) is 5.75 Å². The number of carbonyl (C=O) groups is 2. The van der Waals surface area contributed by atoms with E-state index >= 15 is 0 Å². The molecule has 1 aliphatic heterocycles. The Morgan fingerprint density at radius 1 is 1.42 bits per heavy atom. The first-order valence-electron chi connectivity index (χ1n) is 5.31. The van der Waals surface area contributed by atoms with Gasteiger partial charge in [-0.25, -0.2) is 0 Å². The average molecular weight is 294 g/mol. The summed E-state index contributed by atoms with van der Waals surface area (Å²) in [4.78, 5) is 23.4. The zero-order chi connectivity index (χ0) is 14.0. The first-order chi connectivity index (χ1) is 8.97. The van der Waals surface area contributed by atoms with Crippen LogP contribution in [0.2, 0.25) is 0 Å². The molecular weight excluding hydrogens is 284 g/mol. The molecule has 1 fully saturated rings. The van der Waals surface area contributed by atoms with Crippen LogP contribution in [0.4, 0.5) is 0 Å². The molecule has 0 spiro atoms. The molecule has 7 heteroatoms. The molecule has 0 radical (unpaired) electrons. The van der Waals surface area contributed by atoms with E-state index in [2.05, 4.69) is 5.43 Å². The number of carbonyl (C=O) groups excluding carboxylic acids is 2. The van der Waals surface area contributed by atoms with E-state index in [0.29, 0.717) is 4.91 Å². The van der Waals surface area contributed by atoms with E-state index in [9.17, 15) is 14.7 Å². The van der Waals surface area contributed by atoms with E-state index in [-0.39, 0.29) is 21.9 Å². The number of thioether (sulfide) groups is 1. The van der Waals surface area contributed by atoms with E-state index < -0.39 is 0 Å². The molecule has 19 heavy (non-hydrogen) atoms. The first kappa shape index (κ1) is 13.6. The van der Waals surface area contributed by atoms with Gasteiger partial charge in [-0.05, 0) is 36.0 Å². The quantitative estimate of drug-likeness (QED) is 0.641. The Hall–Kier alpha value is -1.86. The summed E-state index contributed by atoms with van der Waals surface area (Å²) in [7, 11) is 0. The second-order valence-electron chi connectivity index (χ2n) is 3.78. The number of nitrogens with one attached hydrogen (secondary N) is 1. The molecule has 0 aromatic heterocycles. The fourth-order valence-corrected chi connectivity index (χ4v) is 2.62. The van der Waals surface area contributed by atoms with Crippen LogP contribution in [0.1, 0.15) is 12.5 Å². The van der Waals surface area contributed by atoms with Crippen molar-refractivity contribution >= 4 is 46.2 Å². The minimum Gasteiger partial charge on any atom is -0.508 e. The first-order valence-corrected chi connectivity index (χ1v) is 6.54. The molecule has 0 bridgehead atoms. The second-order valence-corrected chi connectivity index (χ2v) is 5.45. The van der Waals surface area contributed by atoms with Gasteiger partial charge in [0.25, 0.3) is 5.91 Å². The molecule has 98 valence electrons. The normalized spacial score (nSPS) is 17.1. The van der Waals surface area contributed by atoms with Gasteiger partial charge < -0.3 is 5.11 Å². The lowest BCUT2D eigenvalue weighted by Gasteiger charge is -2.13. The summed E-state index contributed by atoms with van der Waals surface area (Å²) in [5.41, 5.74) is 3.13. The molecular formula is C12H10N2O3S2. The van der Waals surface area contributed by atoms with Gasteiger partial charge in [0.2, 0.25) is 5.91 Å². The minimum absolute atomic E-state index is 0.156. The minimum atomic E-state index is -0.363. The van der Waals surface area contributed by atoms with Gasteiger partial charge >= 0.3 is 0 Å². The lowest BCUT2D eigenvalue weighted by Crippen LogP contribution is -2.43. The molecule has 0 aliphatic carbocycles. The summed E-state index contributed by atoms with van der Waals surface area (Å²) >= 11 is 6.14. The Labute approximate surface area is 119 Å². The highest BCUT2D eigenvalue weighted by Gasteiger charge is 2.32. The van der Waals surface area contributed by atoms with Crippen LogP contribution in [0.15, 0.2) is 29.2 Å². The molecule has 1 aliphatic rings. The standard InChI is InChI=1S/C12H10N2O3S2/c1-7(15)13-14-11(17)10(19-12(14)18)6-8-2-4-9(16)5-3-8/h2-6,16H,1H3,(H,13,15). The Morgan fingerprint density at radius 2 is 2.05 bits per heavy atom. The van der Waals surface area contributed by atoms with Crippen molar-refractivity contribution in [3.8, 4) is 5.75 Å². The molecule has 2 N–H and O–H groups in total. The van der Waals surface area contributed by atoms with Gasteiger partial charge in [-0.15, -0.1) is 0 Å². The summed E-state index contributed by atoms with van der Waals surface area (Å²) in [5.74, 6) is -0.566. The van der Waals surface area contributed by atoms with E-state index in [4.69, 9.17) is 12.2 Å². The van der Waals surface area contributed by atoms with E-state index in [1.807, 2.05) is 0 Å². The highest BCUT2D eigenvalue weighted by molar-refractivity contribution is 8.26. The predicted molar refractivity (Wildman–Crippen MR) is 76.9 cm³/mol. The number of aromatic hydroxyl groups is 1. The predicted octanol–water partition coefficient (Wildman–Crippen LogP) is 1.64. The number of hydrogen-bond donors (Lipinski definition) is 2. The number of phenols is 1. The fraction of sp³-hybridized carbons (Fsp3) is 0.0833. The van der Waals surface area contributed by atoms with Gasteiger partial charge in [0, 0.05) is 6.92 Å². The monoisotopic (exact) mass is 294 g/mol. The van der Waals surface area contributed by atoms with Gasteiger partial charge in [-0.1, -0.05) is 23.9 Å². The van der Waals surface area contributed by atoms with Crippen molar-refractivity contribution in [1.29, 1.82) is 0 Å². The Bertz CT molecular complexity index is 581. The van der Waals surface area contributed by atoms with Crippen molar-refractivity contribution in [3.63, 3.8) is 0 Å².